The molecule has 0 unspecified atom stereocenters. The fraction of sp³-hybridized carbons (Fsp3) is 0.438. The average molecular weight is 288 g/mol. The molecule has 0 saturated carbocycles. The first-order chi connectivity index (χ1) is 9.81. The van der Waals surface area contributed by atoms with Crippen LogP contribution in [0.4, 0.5) is 0 Å². The lowest BCUT2D eigenvalue weighted by Crippen LogP contribution is -2.48. The smallest absolute Gasteiger partial charge is 0.0675 e. The largest absolute Gasteiger partial charge is 0.301 e. The van der Waals surface area contributed by atoms with Crippen LogP contribution in [0.15, 0.2) is 36.7 Å². The lowest BCUT2D eigenvalue weighted by Gasteiger charge is -2.44. The number of halogens is 1. The molecule has 0 spiro atoms. The molecule has 104 valence electrons. The molecule has 3 aliphatic heterocycles. The lowest BCUT2D eigenvalue weighted by atomic mass is 9.84. The quantitative estimate of drug-likeness (QED) is 0.843. The highest BCUT2D eigenvalue weighted by Crippen LogP contribution is 2.36. The SMILES string of the molecule is Clc1ccccc1-c1cnn([C@H]2CN3CCC2CC3)c1. The van der Waals surface area contributed by atoms with Crippen LogP contribution in [0.2, 0.25) is 5.02 Å². The molecule has 2 bridgehead atoms. The van der Waals surface area contributed by atoms with Gasteiger partial charge in [-0.3, -0.25) is 4.68 Å². The molecule has 1 aromatic heterocycles. The molecule has 3 saturated heterocycles. The van der Waals surface area contributed by atoms with Gasteiger partial charge in [0.15, 0.2) is 0 Å². The van der Waals surface area contributed by atoms with E-state index in [-0.39, 0.29) is 0 Å². The van der Waals surface area contributed by atoms with E-state index in [2.05, 4.69) is 26.9 Å². The third-order valence-electron chi connectivity index (χ3n) is 4.75. The van der Waals surface area contributed by atoms with Crippen LogP contribution in [-0.2, 0) is 0 Å². The van der Waals surface area contributed by atoms with Gasteiger partial charge in [0, 0.05) is 28.9 Å². The van der Waals surface area contributed by atoms with Gasteiger partial charge in [-0.05, 0) is 37.9 Å². The third-order valence-corrected chi connectivity index (χ3v) is 5.08. The molecule has 0 aliphatic carbocycles. The monoisotopic (exact) mass is 287 g/mol. The normalized spacial score (nSPS) is 28.8. The van der Waals surface area contributed by atoms with Crippen molar-refractivity contribution in [2.24, 2.45) is 5.92 Å². The Kier molecular flexibility index (Phi) is 3.04. The Morgan fingerprint density at radius 1 is 1.15 bits per heavy atom. The molecule has 0 radical (unpaired) electrons. The van der Waals surface area contributed by atoms with Crippen LogP contribution in [0.3, 0.4) is 0 Å². The Hall–Kier alpha value is -1.32. The van der Waals surface area contributed by atoms with E-state index in [0.717, 1.165) is 28.6 Å². The van der Waals surface area contributed by atoms with E-state index in [1.165, 1.54) is 25.9 Å². The molecule has 3 aliphatic rings. The molecule has 0 N–H and O–H groups in total. The minimum absolute atomic E-state index is 0.536. The number of hydrogen-bond acceptors (Lipinski definition) is 2. The number of benzene rings is 1. The summed E-state index contributed by atoms with van der Waals surface area (Å²) in [4.78, 5) is 2.56. The van der Waals surface area contributed by atoms with Gasteiger partial charge < -0.3 is 4.90 Å². The number of fused-ring (bicyclic) bond motifs is 3. The van der Waals surface area contributed by atoms with Gasteiger partial charge in [0.2, 0.25) is 0 Å². The van der Waals surface area contributed by atoms with Crippen molar-refractivity contribution in [3.05, 3.63) is 41.7 Å². The van der Waals surface area contributed by atoms with Crippen LogP contribution in [0.1, 0.15) is 18.9 Å². The summed E-state index contributed by atoms with van der Waals surface area (Å²) in [6.07, 6.45) is 6.73. The van der Waals surface area contributed by atoms with Gasteiger partial charge in [-0.2, -0.15) is 5.10 Å². The van der Waals surface area contributed by atoms with Crippen LogP contribution in [-0.4, -0.2) is 34.3 Å². The highest BCUT2D eigenvalue weighted by atomic mass is 35.5. The Balaban J connectivity index is 1.64. The first-order valence-corrected chi connectivity index (χ1v) is 7.70. The molecule has 1 atom stereocenters. The number of nitrogens with zero attached hydrogens (tertiary/aromatic N) is 3. The molecule has 2 aromatic rings. The first-order valence-electron chi connectivity index (χ1n) is 7.33. The van der Waals surface area contributed by atoms with Gasteiger partial charge in [-0.15, -0.1) is 0 Å². The van der Waals surface area contributed by atoms with E-state index in [9.17, 15) is 0 Å². The van der Waals surface area contributed by atoms with Gasteiger partial charge in [-0.1, -0.05) is 29.8 Å². The predicted molar refractivity (Wildman–Crippen MR) is 80.9 cm³/mol. The van der Waals surface area contributed by atoms with Crippen LogP contribution < -0.4 is 0 Å². The van der Waals surface area contributed by atoms with Crippen LogP contribution >= 0.6 is 11.6 Å². The van der Waals surface area contributed by atoms with Crippen molar-refractivity contribution in [3.63, 3.8) is 0 Å². The lowest BCUT2D eigenvalue weighted by molar-refractivity contribution is 0.0513. The van der Waals surface area contributed by atoms with E-state index < -0.39 is 0 Å². The maximum atomic E-state index is 6.27. The number of hydrogen-bond donors (Lipinski definition) is 0. The van der Waals surface area contributed by atoms with Gasteiger partial charge in [0.05, 0.1) is 12.2 Å². The maximum absolute atomic E-state index is 6.27. The minimum Gasteiger partial charge on any atom is -0.301 e. The number of rotatable bonds is 2. The topological polar surface area (TPSA) is 21.1 Å². The molecule has 3 fully saturated rings. The standard InChI is InChI=1S/C16H18ClN3/c17-15-4-2-1-3-14(15)13-9-18-20(10-13)16-11-19-7-5-12(16)6-8-19/h1-4,9-10,12,16H,5-8,11H2/t16-/m0/s1. The van der Waals surface area contributed by atoms with Crippen LogP contribution in [0.25, 0.3) is 11.1 Å². The summed E-state index contributed by atoms with van der Waals surface area (Å²) in [5.41, 5.74) is 2.19. The fourth-order valence-electron chi connectivity index (χ4n) is 3.59. The summed E-state index contributed by atoms with van der Waals surface area (Å²) in [6, 6.07) is 8.51. The summed E-state index contributed by atoms with van der Waals surface area (Å²) in [5, 5.41) is 5.40. The van der Waals surface area contributed by atoms with Crippen molar-refractivity contribution in [2.45, 2.75) is 18.9 Å². The van der Waals surface area contributed by atoms with Gasteiger partial charge in [0.25, 0.3) is 0 Å². The van der Waals surface area contributed by atoms with Crippen molar-refractivity contribution in [3.8, 4) is 11.1 Å². The van der Waals surface area contributed by atoms with Gasteiger partial charge in [0.1, 0.15) is 0 Å². The third kappa shape index (κ3) is 2.05. The summed E-state index contributed by atoms with van der Waals surface area (Å²) in [5.74, 6) is 0.791. The second kappa shape index (κ2) is 4.90. The summed E-state index contributed by atoms with van der Waals surface area (Å²) in [7, 11) is 0. The highest BCUT2D eigenvalue weighted by Gasteiger charge is 2.35. The van der Waals surface area contributed by atoms with Crippen molar-refractivity contribution in [1.82, 2.24) is 14.7 Å². The summed E-state index contributed by atoms with van der Waals surface area (Å²) >= 11 is 6.27. The molecular formula is C16H18ClN3. The molecule has 0 amide bonds. The van der Waals surface area contributed by atoms with E-state index in [0.29, 0.717) is 6.04 Å². The Morgan fingerprint density at radius 3 is 2.65 bits per heavy atom. The predicted octanol–water partition coefficient (Wildman–Crippen LogP) is 3.47. The second-order valence-electron chi connectivity index (χ2n) is 5.89. The molecule has 1 aromatic carbocycles. The number of aromatic nitrogens is 2. The zero-order valence-corrected chi connectivity index (χ0v) is 12.1. The van der Waals surface area contributed by atoms with E-state index >= 15 is 0 Å². The Morgan fingerprint density at radius 2 is 1.95 bits per heavy atom. The van der Waals surface area contributed by atoms with E-state index in [4.69, 9.17) is 11.6 Å². The van der Waals surface area contributed by atoms with Gasteiger partial charge >= 0.3 is 0 Å². The highest BCUT2D eigenvalue weighted by molar-refractivity contribution is 6.33. The average Bonchev–Trinajstić information content (AvgIpc) is 2.98. The number of piperidine rings is 3. The second-order valence-corrected chi connectivity index (χ2v) is 6.30. The van der Waals surface area contributed by atoms with Crippen molar-refractivity contribution in [1.29, 1.82) is 0 Å². The minimum atomic E-state index is 0.536. The van der Waals surface area contributed by atoms with Crippen molar-refractivity contribution < 1.29 is 0 Å². The van der Waals surface area contributed by atoms with Crippen LogP contribution in [0.5, 0.6) is 0 Å². The van der Waals surface area contributed by atoms with E-state index in [1.54, 1.807) is 0 Å². The molecule has 3 nitrogen and oxygen atoms in total. The fourth-order valence-corrected chi connectivity index (χ4v) is 3.83. The molecule has 4 heterocycles. The van der Waals surface area contributed by atoms with E-state index in [1.807, 2.05) is 24.4 Å². The van der Waals surface area contributed by atoms with Crippen LogP contribution in [0, 0.1) is 5.92 Å². The molecule has 20 heavy (non-hydrogen) atoms. The van der Waals surface area contributed by atoms with Gasteiger partial charge in [-0.25, -0.2) is 0 Å². The molecule has 5 rings (SSSR count). The Labute approximate surface area is 124 Å². The maximum Gasteiger partial charge on any atom is 0.0675 e. The molecule has 4 heteroatoms. The van der Waals surface area contributed by atoms with Crippen molar-refractivity contribution in [2.75, 3.05) is 19.6 Å². The zero-order chi connectivity index (χ0) is 13.5. The first kappa shape index (κ1) is 12.4. The summed E-state index contributed by atoms with van der Waals surface area (Å²) < 4.78 is 2.16. The Bertz CT molecular complexity index is 614. The zero-order valence-electron chi connectivity index (χ0n) is 11.4. The summed E-state index contributed by atoms with van der Waals surface area (Å²) in [6.45, 7) is 3.67. The van der Waals surface area contributed by atoms with Crippen molar-refractivity contribution >= 4 is 11.6 Å². The molecular weight excluding hydrogens is 270 g/mol.